The van der Waals surface area contributed by atoms with Crippen LogP contribution >= 0.6 is 0 Å². The lowest BCUT2D eigenvalue weighted by molar-refractivity contribution is -0.128. The number of hydrogen-bond acceptors (Lipinski definition) is 3. The van der Waals surface area contributed by atoms with E-state index in [1.54, 1.807) is 12.4 Å². The quantitative estimate of drug-likeness (QED) is 0.891. The van der Waals surface area contributed by atoms with Crippen molar-refractivity contribution in [3.63, 3.8) is 0 Å². The summed E-state index contributed by atoms with van der Waals surface area (Å²) in [5.41, 5.74) is 1.02. The first-order valence-corrected chi connectivity index (χ1v) is 7.70. The van der Waals surface area contributed by atoms with Crippen molar-refractivity contribution < 1.29 is 9.59 Å². The van der Waals surface area contributed by atoms with E-state index in [-0.39, 0.29) is 11.8 Å². The smallest absolute Gasteiger partial charge is 0.242 e. The van der Waals surface area contributed by atoms with Gasteiger partial charge in [0, 0.05) is 37.3 Å². The zero-order chi connectivity index (χ0) is 15.4. The number of carbonyl (C=O) groups excluding carboxylic acids is 2. The van der Waals surface area contributed by atoms with Crippen LogP contribution in [-0.2, 0) is 16.1 Å². The highest BCUT2D eigenvalue weighted by atomic mass is 16.2. The fourth-order valence-electron chi connectivity index (χ4n) is 2.79. The standard InChI is InChI=1S/C16H20N4O2/c21-15(19-13-3-1-2-7-18-16(13)22)6-10-20-9-5-12-4-8-17-11-14(12)20/h4-5,8-9,11,13H,1-3,6-7,10H2,(H,18,22)(H,19,21). The summed E-state index contributed by atoms with van der Waals surface area (Å²) in [5, 5.41) is 6.78. The largest absolute Gasteiger partial charge is 0.354 e. The molecular weight excluding hydrogens is 280 g/mol. The van der Waals surface area contributed by atoms with E-state index in [1.165, 1.54) is 0 Å². The first kappa shape index (κ1) is 14.6. The van der Waals surface area contributed by atoms with E-state index in [1.807, 2.05) is 22.9 Å². The molecule has 0 spiro atoms. The SMILES string of the molecule is O=C(CCn1ccc2ccncc21)NC1CCCCNC1=O. The molecule has 0 aliphatic carbocycles. The Morgan fingerprint density at radius 2 is 2.32 bits per heavy atom. The van der Waals surface area contributed by atoms with Crippen LogP contribution < -0.4 is 10.6 Å². The summed E-state index contributed by atoms with van der Waals surface area (Å²) < 4.78 is 2.01. The number of fused-ring (bicyclic) bond motifs is 1. The van der Waals surface area contributed by atoms with Crippen molar-refractivity contribution >= 4 is 22.7 Å². The van der Waals surface area contributed by atoms with Gasteiger partial charge in [0.2, 0.25) is 11.8 Å². The highest BCUT2D eigenvalue weighted by Crippen LogP contribution is 2.14. The van der Waals surface area contributed by atoms with Crippen LogP contribution in [0.2, 0.25) is 0 Å². The average Bonchev–Trinajstić information content (AvgIpc) is 2.84. The molecule has 1 saturated heterocycles. The monoisotopic (exact) mass is 300 g/mol. The molecule has 0 saturated carbocycles. The van der Waals surface area contributed by atoms with E-state index < -0.39 is 6.04 Å². The lowest BCUT2D eigenvalue weighted by atomic mass is 10.1. The zero-order valence-corrected chi connectivity index (χ0v) is 12.4. The van der Waals surface area contributed by atoms with Gasteiger partial charge >= 0.3 is 0 Å². The third-order valence-electron chi connectivity index (χ3n) is 4.03. The van der Waals surface area contributed by atoms with E-state index in [0.717, 1.165) is 23.7 Å². The van der Waals surface area contributed by atoms with Crippen molar-refractivity contribution in [2.45, 2.75) is 38.3 Å². The molecule has 2 aromatic heterocycles. The Labute approximate surface area is 128 Å². The van der Waals surface area contributed by atoms with Gasteiger partial charge in [0.1, 0.15) is 6.04 Å². The number of amides is 2. The van der Waals surface area contributed by atoms with Gasteiger partial charge in [-0.05, 0) is 31.4 Å². The second kappa shape index (κ2) is 6.60. The lowest BCUT2D eigenvalue weighted by Crippen LogP contribution is -2.45. The van der Waals surface area contributed by atoms with Gasteiger partial charge < -0.3 is 15.2 Å². The van der Waals surface area contributed by atoms with Gasteiger partial charge in [-0.25, -0.2) is 0 Å². The summed E-state index contributed by atoms with van der Waals surface area (Å²) in [6.07, 6.45) is 8.50. The number of nitrogens with one attached hydrogen (secondary N) is 2. The lowest BCUT2D eigenvalue weighted by Gasteiger charge is -2.15. The zero-order valence-electron chi connectivity index (χ0n) is 12.4. The third kappa shape index (κ3) is 3.27. The number of hydrogen-bond donors (Lipinski definition) is 2. The third-order valence-corrected chi connectivity index (χ3v) is 4.03. The Balaban J connectivity index is 1.57. The van der Waals surface area contributed by atoms with Gasteiger partial charge in [0.25, 0.3) is 0 Å². The first-order valence-electron chi connectivity index (χ1n) is 7.70. The van der Waals surface area contributed by atoms with E-state index in [0.29, 0.717) is 25.9 Å². The van der Waals surface area contributed by atoms with Crippen molar-refractivity contribution in [1.29, 1.82) is 0 Å². The van der Waals surface area contributed by atoms with Crippen LogP contribution in [0, 0.1) is 0 Å². The summed E-state index contributed by atoms with van der Waals surface area (Å²) in [7, 11) is 0. The van der Waals surface area contributed by atoms with Crippen LogP contribution in [0.4, 0.5) is 0 Å². The molecule has 1 atom stereocenters. The molecule has 0 aromatic carbocycles. The summed E-state index contributed by atoms with van der Waals surface area (Å²) >= 11 is 0. The molecule has 1 aliphatic rings. The first-order chi connectivity index (χ1) is 10.7. The molecular formula is C16H20N4O2. The van der Waals surface area contributed by atoms with Gasteiger partial charge in [-0.15, -0.1) is 0 Å². The Hall–Kier alpha value is -2.37. The van der Waals surface area contributed by atoms with Gasteiger partial charge in [-0.1, -0.05) is 0 Å². The summed E-state index contributed by atoms with van der Waals surface area (Å²) in [6, 6.07) is 3.56. The molecule has 1 fully saturated rings. The molecule has 22 heavy (non-hydrogen) atoms. The van der Waals surface area contributed by atoms with Gasteiger partial charge in [0.15, 0.2) is 0 Å². The van der Waals surface area contributed by atoms with Crippen molar-refractivity contribution in [3.05, 3.63) is 30.7 Å². The van der Waals surface area contributed by atoms with Crippen LogP contribution in [0.25, 0.3) is 10.9 Å². The second-order valence-electron chi connectivity index (χ2n) is 5.60. The molecule has 2 aromatic rings. The number of pyridine rings is 1. The molecule has 0 radical (unpaired) electrons. The maximum atomic E-state index is 12.1. The highest BCUT2D eigenvalue weighted by molar-refractivity contribution is 5.87. The van der Waals surface area contributed by atoms with Crippen LogP contribution in [-0.4, -0.2) is 34.0 Å². The van der Waals surface area contributed by atoms with Crippen LogP contribution in [0.1, 0.15) is 25.7 Å². The topological polar surface area (TPSA) is 76.0 Å². The molecule has 2 N–H and O–H groups in total. The summed E-state index contributed by atoms with van der Waals surface area (Å²) in [5.74, 6) is -0.158. The van der Waals surface area contributed by atoms with Crippen molar-refractivity contribution in [2.75, 3.05) is 6.54 Å². The predicted molar refractivity (Wildman–Crippen MR) is 83.1 cm³/mol. The predicted octanol–water partition coefficient (Wildman–Crippen LogP) is 1.21. The maximum absolute atomic E-state index is 12.1. The van der Waals surface area contributed by atoms with E-state index in [9.17, 15) is 9.59 Å². The Morgan fingerprint density at radius 1 is 1.41 bits per heavy atom. The Bertz CT molecular complexity index is 680. The Morgan fingerprint density at radius 3 is 3.23 bits per heavy atom. The molecule has 1 aliphatic heterocycles. The molecule has 6 heteroatoms. The summed E-state index contributed by atoms with van der Waals surface area (Å²) in [4.78, 5) is 28.0. The van der Waals surface area contributed by atoms with Gasteiger partial charge in [-0.3, -0.25) is 14.6 Å². The second-order valence-corrected chi connectivity index (χ2v) is 5.60. The number of nitrogens with zero attached hydrogens (tertiary/aromatic N) is 2. The molecule has 0 bridgehead atoms. The number of carbonyl (C=O) groups is 2. The number of rotatable bonds is 4. The minimum Gasteiger partial charge on any atom is -0.354 e. The van der Waals surface area contributed by atoms with Gasteiger partial charge in [0.05, 0.1) is 11.7 Å². The summed E-state index contributed by atoms with van der Waals surface area (Å²) in [6.45, 7) is 1.28. The number of aryl methyl sites for hydroxylation is 1. The van der Waals surface area contributed by atoms with E-state index >= 15 is 0 Å². The van der Waals surface area contributed by atoms with Crippen molar-refractivity contribution in [2.24, 2.45) is 0 Å². The molecule has 6 nitrogen and oxygen atoms in total. The van der Waals surface area contributed by atoms with E-state index in [4.69, 9.17) is 0 Å². The molecule has 3 rings (SSSR count). The molecule has 3 heterocycles. The van der Waals surface area contributed by atoms with Crippen LogP contribution in [0.15, 0.2) is 30.7 Å². The Kier molecular flexibility index (Phi) is 4.37. The van der Waals surface area contributed by atoms with Crippen LogP contribution in [0.3, 0.4) is 0 Å². The minimum atomic E-state index is -0.391. The maximum Gasteiger partial charge on any atom is 0.242 e. The fourth-order valence-corrected chi connectivity index (χ4v) is 2.79. The molecule has 1 unspecified atom stereocenters. The van der Waals surface area contributed by atoms with E-state index in [2.05, 4.69) is 15.6 Å². The molecule has 116 valence electrons. The molecule has 2 amide bonds. The average molecular weight is 300 g/mol. The normalized spacial score (nSPS) is 18.7. The van der Waals surface area contributed by atoms with Gasteiger partial charge in [-0.2, -0.15) is 0 Å². The minimum absolute atomic E-state index is 0.0681. The van der Waals surface area contributed by atoms with Crippen molar-refractivity contribution in [3.8, 4) is 0 Å². The number of aromatic nitrogens is 2. The fraction of sp³-hybridized carbons (Fsp3) is 0.438. The van der Waals surface area contributed by atoms with Crippen LogP contribution in [0.5, 0.6) is 0 Å². The highest BCUT2D eigenvalue weighted by Gasteiger charge is 2.22. The van der Waals surface area contributed by atoms with Crippen molar-refractivity contribution in [1.82, 2.24) is 20.2 Å².